The number of hydrogen-bond acceptors (Lipinski definition) is 6. The summed E-state index contributed by atoms with van der Waals surface area (Å²) in [6, 6.07) is 20.9. The Morgan fingerprint density at radius 2 is 1.53 bits per heavy atom. The molecule has 1 atom stereocenters. The van der Waals surface area contributed by atoms with Crippen molar-refractivity contribution in [3.05, 3.63) is 84.6 Å². The van der Waals surface area contributed by atoms with Crippen molar-refractivity contribution in [2.45, 2.75) is 20.0 Å². The topological polar surface area (TPSA) is 110 Å². The van der Waals surface area contributed by atoms with Crippen LogP contribution in [0, 0.1) is 0 Å². The number of hydrogen-bond donors (Lipinski definition) is 2. The van der Waals surface area contributed by atoms with Crippen molar-refractivity contribution in [3.63, 3.8) is 0 Å². The zero-order valence-corrected chi connectivity index (χ0v) is 18.6. The number of ether oxygens (including phenoxy) is 1. The van der Waals surface area contributed by atoms with E-state index in [1.54, 1.807) is 60.8 Å². The molecule has 8 heteroatoms. The molecule has 2 aromatic heterocycles. The molecule has 0 aliphatic rings. The fourth-order valence-electron chi connectivity index (χ4n) is 3.35. The van der Waals surface area contributed by atoms with Crippen molar-refractivity contribution >= 4 is 40.1 Å². The van der Waals surface area contributed by atoms with Gasteiger partial charge in [-0.3, -0.25) is 14.6 Å². The van der Waals surface area contributed by atoms with Crippen molar-refractivity contribution in [2.24, 2.45) is 0 Å². The van der Waals surface area contributed by atoms with Crippen LogP contribution in [0.5, 0.6) is 0 Å². The third-order valence-corrected chi connectivity index (χ3v) is 4.99. The average molecular weight is 454 g/mol. The maximum Gasteiger partial charge on any atom is 0.339 e. The number of fused-ring (bicyclic) bond motifs is 1. The van der Waals surface area contributed by atoms with Crippen LogP contribution in [0.15, 0.2) is 79.0 Å². The average Bonchev–Trinajstić information content (AvgIpc) is 2.84. The summed E-state index contributed by atoms with van der Waals surface area (Å²) in [6.07, 6.45) is 0.604. The Morgan fingerprint density at radius 1 is 0.853 bits per heavy atom. The monoisotopic (exact) mass is 454 g/mol. The summed E-state index contributed by atoms with van der Waals surface area (Å²) in [5.74, 6) is -1.31. The number of aromatic nitrogens is 2. The van der Waals surface area contributed by atoms with Crippen LogP contribution in [0.3, 0.4) is 0 Å². The number of para-hydroxylation sites is 1. The fourth-order valence-corrected chi connectivity index (χ4v) is 3.35. The molecule has 4 rings (SSSR count). The van der Waals surface area contributed by atoms with Crippen LogP contribution in [0.25, 0.3) is 22.3 Å². The van der Waals surface area contributed by atoms with Crippen LogP contribution in [-0.4, -0.2) is 33.9 Å². The zero-order chi connectivity index (χ0) is 24.1. The highest BCUT2D eigenvalue weighted by molar-refractivity contribution is 6.06. The van der Waals surface area contributed by atoms with E-state index in [-0.39, 0.29) is 5.91 Å². The summed E-state index contributed by atoms with van der Waals surface area (Å²) >= 11 is 0. The highest BCUT2D eigenvalue weighted by atomic mass is 16.5. The molecule has 2 N–H and O–H groups in total. The lowest BCUT2D eigenvalue weighted by molar-refractivity contribution is -0.123. The minimum absolute atomic E-state index is 0.188. The number of benzene rings is 2. The summed E-state index contributed by atoms with van der Waals surface area (Å²) in [5.41, 5.74) is 3.19. The van der Waals surface area contributed by atoms with Crippen molar-refractivity contribution < 1.29 is 19.1 Å². The van der Waals surface area contributed by atoms with Crippen LogP contribution in [-0.2, 0) is 14.3 Å². The molecule has 0 aliphatic carbocycles. The number of nitrogens with one attached hydrogen (secondary N) is 2. The van der Waals surface area contributed by atoms with E-state index in [0.29, 0.717) is 39.2 Å². The minimum Gasteiger partial charge on any atom is -0.449 e. The van der Waals surface area contributed by atoms with E-state index in [2.05, 4.69) is 20.6 Å². The number of anilines is 2. The lowest BCUT2D eigenvalue weighted by Crippen LogP contribution is -2.30. The van der Waals surface area contributed by atoms with E-state index in [9.17, 15) is 14.4 Å². The Bertz CT molecular complexity index is 1350. The van der Waals surface area contributed by atoms with Gasteiger partial charge in [0.1, 0.15) is 0 Å². The first-order chi connectivity index (χ1) is 16.4. The van der Waals surface area contributed by atoms with E-state index in [1.807, 2.05) is 18.2 Å². The van der Waals surface area contributed by atoms with Crippen LogP contribution in [0.4, 0.5) is 11.4 Å². The fraction of sp³-hybridized carbons (Fsp3) is 0.115. The SMILES string of the molecule is CC(=O)Nc1ccc(NC(=O)C(C)OC(=O)c2cc(-c3ccccn3)nc3ccccc23)cc1. The molecule has 2 heterocycles. The quantitative estimate of drug-likeness (QED) is 0.417. The summed E-state index contributed by atoms with van der Waals surface area (Å²) in [7, 11) is 0. The van der Waals surface area contributed by atoms with Gasteiger partial charge < -0.3 is 15.4 Å². The molecule has 0 fully saturated rings. The van der Waals surface area contributed by atoms with Gasteiger partial charge >= 0.3 is 5.97 Å². The number of carbonyl (C=O) groups is 3. The van der Waals surface area contributed by atoms with Gasteiger partial charge in [0, 0.05) is 29.9 Å². The van der Waals surface area contributed by atoms with Crippen molar-refractivity contribution in [2.75, 3.05) is 10.6 Å². The van der Waals surface area contributed by atoms with Gasteiger partial charge in [-0.1, -0.05) is 24.3 Å². The van der Waals surface area contributed by atoms with Gasteiger partial charge in [0.2, 0.25) is 5.91 Å². The molecular formula is C26H22N4O4. The van der Waals surface area contributed by atoms with E-state index in [1.165, 1.54) is 13.8 Å². The number of carbonyl (C=O) groups excluding carboxylic acids is 3. The number of pyridine rings is 2. The second-order valence-electron chi connectivity index (χ2n) is 7.58. The van der Waals surface area contributed by atoms with E-state index >= 15 is 0 Å². The maximum atomic E-state index is 13.1. The van der Waals surface area contributed by atoms with E-state index in [4.69, 9.17) is 4.74 Å². The van der Waals surface area contributed by atoms with Crippen LogP contribution >= 0.6 is 0 Å². The zero-order valence-electron chi connectivity index (χ0n) is 18.6. The number of rotatable bonds is 6. The van der Waals surface area contributed by atoms with Gasteiger partial charge in [0.25, 0.3) is 5.91 Å². The third kappa shape index (κ3) is 5.24. The summed E-state index contributed by atoms with van der Waals surface area (Å²) < 4.78 is 5.49. The number of amides is 2. The van der Waals surface area contributed by atoms with Crippen molar-refractivity contribution in [1.29, 1.82) is 0 Å². The summed E-state index contributed by atoms with van der Waals surface area (Å²) in [6.45, 7) is 2.92. The minimum atomic E-state index is -1.05. The molecular weight excluding hydrogens is 432 g/mol. The standard InChI is InChI=1S/C26H22N4O4/c1-16(25(32)29-19-12-10-18(11-13-19)28-17(2)31)34-26(33)21-15-24(23-9-5-6-14-27-23)30-22-8-4-3-7-20(21)22/h3-16H,1-2H3,(H,28,31)(H,29,32). The van der Waals surface area contributed by atoms with Gasteiger partial charge in [0.15, 0.2) is 6.10 Å². The Labute approximate surface area is 196 Å². The molecule has 2 aromatic carbocycles. The van der Waals surface area contributed by atoms with Gasteiger partial charge in [0.05, 0.1) is 22.5 Å². The highest BCUT2D eigenvalue weighted by Crippen LogP contribution is 2.25. The molecule has 2 amide bonds. The molecule has 0 bridgehead atoms. The molecule has 170 valence electrons. The molecule has 0 saturated heterocycles. The van der Waals surface area contributed by atoms with Crippen LogP contribution < -0.4 is 10.6 Å². The third-order valence-electron chi connectivity index (χ3n) is 4.99. The largest absolute Gasteiger partial charge is 0.449 e. The Morgan fingerprint density at radius 3 is 2.21 bits per heavy atom. The molecule has 34 heavy (non-hydrogen) atoms. The van der Waals surface area contributed by atoms with Gasteiger partial charge in [-0.05, 0) is 55.5 Å². The van der Waals surface area contributed by atoms with E-state index in [0.717, 1.165) is 0 Å². The molecule has 1 unspecified atom stereocenters. The molecule has 8 nitrogen and oxygen atoms in total. The normalized spacial score (nSPS) is 11.5. The molecule has 4 aromatic rings. The van der Waals surface area contributed by atoms with Crippen LogP contribution in [0.2, 0.25) is 0 Å². The molecule has 0 aliphatic heterocycles. The lowest BCUT2D eigenvalue weighted by Gasteiger charge is -2.15. The first kappa shape index (κ1) is 22.6. The first-order valence-corrected chi connectivity index (χ1v) is 10.6. The van der Waals surface area contributed by atoms with Gasteiger partial charge in [-0.2, -0.15) is 0 Å². The maximum absolute atomic E-state index is 13.1. The van der Waals surface area contributed by atoms with Crippen molar-refractivity contribution in [1.82, 2.24) is 9.97 Å². The molecule has 0 radical (unpaired) electrons. The van der Waals surface area contributed by atoms with Gasteiger partial charge in [-0.25, -0.2) is 9.78 Å². The smallest absolute Gasteiger partial charge is 0.339 e. The Kier molecular flexibility index (Phi) is 6.59. The number of nitrogens with zero attached hydrogens (tertiary/aromatic N) is 2. The Balaban J connectivity index is 1.52. The first-order valence-electron chi connectivity index (χ1n) is 10.6. The van der Waals surface area contributed by atoms with Crippen molar-refractivity contribution in [3.8, 4) is 11.4 Å². The predicted molar refractivity (Wildman–Crippen MR) is 129 cm³/mol. The second kappa shape index (κ2) is 9.91. The summed E-state index contributed by atoms with van der Waals surface area (Å²) in [4.78, 5) is 45.7. The highest BCUT2D eigenvalue weighted by Gasteiger charge is 2.22. The van der Waals surface area contributed by atoms with Crippen LogP contribution in [0.1, 0.15) is 24.2 Å². The Hall–Kier alpha value is -4.59. The predicted octanol–water partition coefficient (Wildman–Crippen LogP) is 4.44. The molecule has 0 saturated carbocycles. The molecule has 0 spiro atoms. The second-order valence-corrected chi connectivity index (χ2v) is 7.58. The van der Waals surface area contributed by atoms with E-state index < -0.39 is 18.0 Å². The summed E-state index contributed by atoms with van der Waals surface area (Å²) in [5, 5.41) is 5.97. The lowest BCUT2D eigenvalue weighted by atomic mass is 10.1. The van der Waals surface area contributed by atoms with Gasteiger partial charge in [-0.15, -0.1) is 0 Å². The number of esters is 1.